The molecule has 0 fully saturated rings. The highest BCUT2D eigenvalue weighted by atomic mass is 16.2. The van der Waals surface area contributed by atoms with Crippen molar-refractivity contribution < 1.29 is 14.4 Å². The van der Waals surface area contributed by atoms with Gasteiger partial charge in [0.2, 0.25) is 5.91 Å². The third-order valence-corrected chi connectivity index (χ3v) is 4.41. The summed E-state index contributed by atoms with van der Waals surface area (Å²) >= 11 is 0. The Balaban J connectivity index is 1.87. The fourth-order valence-corrected chi connectivity index (χ4v) is 3.07. The molecule has 1 aromatic heterocycles. The zero-order chi connectivity index (χ0) is 20.3. The number of aromatic nitrogens is 1. The highest BCUT2D eigenvalue weighted by Gasteiger charge is 2.27. The summed E-state index contributed by atoms with van der Waals surface area (Å²) in [5.41, 5.74) is 15.3. The minimum absolute atomic E-state index is 0.112. The molecule has 0 bridgehead atoms. The van der Waals surface area contributed by atoms with Crippen LogP contribution in [-0.4, -0.2) is 29.4 Å². The Morgan fingerprint density at radius 1 is 1.21 bits per heavy atom. The molecule has 2 aromatic rings. The van der Waals surface area contributed by atoms with Crippen LogP contribution in [-0.2, 0) is 16.1 Å². The van der Waals surface area contributed by atoms with Crippen LogP contribution in [0.25, 0.3) is 11.1 Å². The number of anilines is 2. The van der Waals surface area contributed by atoms with Crippen molar-refractivity contribution >= 4 is 40.4 Å². The lowest BCUT2D eigenvalue weighted by Gasteiger charge is -2.07. The Labute approximate surface area is 161 Å². The number of primary amides is 1. The molecule has 0 spiro atoms. The van der Waals surface area contributed by atoms with Gasteiger partial charge in [0.05, 0.1) is 5.57 Å². The molecular formula is C19H22N6O3. The number of hydrogen-bond acceptors (Lipinski definition) is 4. The van der Waals surface area contributed by atoms with E-state index in [4.69, 9.17) is 11.5 Å². The van der Waals surface area contributed by atoms with Crippen LogP contribution in [0.15, 0.2) is 30.5 Å². The summed E-state index contributed by atoms with van der Waals surface area (Å²) in [6, 6.07) is 6.28. The summed E-state index contributed by atoms with van der Waals surface area (Å²) in [6.45, 7) is 2.50. The molecule has 146 valence electrons. The molecule has 0 unspecified atom stereocenters. The maximum atomic E-state index is 12.5. The van der Waals surface area contributed by atoms with E-state index < -0.39 is 6.03 Å². The van der Waals surface area contributed by atoms with E-state index in [2.05, 4.69) is 20.9 Å². The van der Waals surface area contributed by atoms with Gasteiger partial charge in [-0.3, -0.25) is 9.59 Å². The lowest BCUT2D eigenvalue weighted by atomic mass is 9.99. The number of benzene rings is 1. The minimum atomic E-state index is -0.676. The van der Waals surface area contributed by atoms with Crippen molar-refractivity contribution in [2.45, 2.75) is 19.9 Å². The van der Waals surface area contributed by atoms with E-state index in [0.717, 1.165) is 16.8 Å². The predicted octanol–water partition coefficient (Wildman–Crippen LogP) is 1.35. The number of nitrogens with one attached hydrogen (secondary N) is 4. The molecule has 1 aliphatic heterocycles. The molecule has 28 heavy (non-hydrogen) atoms. The van der Waals surface area contributed by atoms with Gasteiger partial charge in [0.1, 0.15) is 0 Å². The largest absolute Gasteiger partial charge is 0.361 e. The van der Waals surface area contributed by atoms with Gasteiger partial charge in [-0.1, -0.05) is 0 Å². The van der Waals surface area contributed by atoms with E-state index in [-0.39, 0.29) is 18.2 Å². The molecule has 9 heteroatoms. The molecule has 9 nitrogen and oxygen atoms in total. The molecule has 0 aliphatic carbocycles. The van der Waals surface area contributed by atoms with Crippen molar-refractivity contribution in [3.63, 3.8) is 0 Å². The minimum Gasteiger partial charge on any atom is -0.361 e. The molecular weight excluding hydrogens is 360 g/mol. The molecule has 0 saturated heterocycles. The standard InChI is InChI=1S/C19H22N6O3/c1-10(15-6-11(8-22-15)9-23-16(26)4-5-20)17-13-7-12(24-19(21)28)2-3-14(13)25-18(17)27/h2-3,6-8,22H,4-5,9,20H2,1H3,(H,23,26)(H,25,27)(H3,21,24,28)/b17-10-. The van der Waals surface area contributed by atoms with Crippen LogP contribution in [0.5, 0.6) is 0 Å². The average Bonchev–Trinajstić information content (AvgIpc) is 3.23. The van der Waals surface area contributed by atoms with Crippen LogP contribution in [0.1, 0.15) is 30.2 Å². The molecule has 8 N–H and O–H groups in total. The van der Waals surface area contributed by atoms with E-state index in [1.165, 1.54) is 0 Å². The molecule has 2 heterocycles. The van der Waals surface area contributed by atoms with E-state index in [9.17, 15) is 14.4 Å². The van der Waals surface area contributed by atoms with E-state index in [1.807, 2.05) is 13.0 Å². The monoisotopic (exact) mass is 382 g/mol. The molecule has 4 amide bonds. The van der Waals surface area contributed by atoms with Gasteiger partial charge < -0.3 is 32.4 Å². The zero-order valence-corrected chi connectivity index (χ0v) is 15.4. The number of H-pyrrole nitrogens is 1. The smallest absolute Gasteiger partial charge is 0.316 e. The van der Waals surface area contributed by atoms with Gasteiger partial charge in [-0.2, -0.15) is 0 Å². The molecule has 1 aliphatic rings. The maximum absolute atomic E-state index is 12.5. The van der Waals surface area contributed by atoms with Gasteiger partial charge in [-0.25, -0.2) is 4.79 Å². The highest BCUT2D eigenvalue weighted by molar-refractivity contribution is 6.36. The van der Waals surface area contributed by atoms with Gasteiger partial charge >= 0.3 is 6.03 Å². The van der Waals surface area contributed by atoms with Crippen molar-refractivity contribution in [3.8, 4) is 0 Å². The summed E-state index contributed by atoms with van der Waals surface area (Å²) in [6.07, 6.45) is 2.06. The summed E-state index contributed by atoms with van der Waals surface area (Å²) in [5, 5.41) is 8.11. The van der Waals surface area contributed by atoms with E-state index in [1.54, 1.807) is 24.4 Å². The molecule has 1 aromatic carbocycles. The van der Waals surface area contributed by atoms with Crippen molar-refractivity contribution in [2.24, 2.45) is 11.5 Å². The Bertz CT molecular complexity index is 976. The summed E-state index contributed by atoms with van der Waals surface area (Å²) in [4.78, 5) is 38.3. The number of amides is 4. The number of aromatic amines is 1. The van der Waals surface area contributed by atoms with Gasteiger partial charge in [-0.05, 0) is 42.3 Å². The first-order valence-corrected chi connectivity index (χ1v) is 8.76. The van der Waals surface area contributed by atoms with Crippen LogP contribution < -0.4 is 27.4 Å². The quantitative estimate of drug-likeness (QED) is 0.417. The number of fused-ring (bicyclic) bond motifs is 1. The van der Waals surface area contributed by atoms with Crippen molar-refractivity contribution in [3.05, 3.63) is 47.3 Å². The van der Waals surface area contributed by atoms with Crippen LogP contribution in [0.2, 0.25) is 0 Å². The third kappa shape index (κ3) is 4.04. The van der Waals surface area contributed by atoms with Crippen molar-refractivity contribution in [1.29, 1.82) is 0 Å². The number of urea groups is 1. The van der Waals surface area contributed by atoms with Crippen molar-refractivity contribution in [2.75, 3.05) is 17.2 Å². The summed E-state index contributed by atoms with van der Waals surface area (Å²) in [7, 11) is 0. The third-order valence-electron chi connectivity index (χ3n) is 4.41. The lowest BCUT2D eigenvalue weighted by Crippen LogP contribution is -2.24. The second kappa shape index (κ2) is 7.97. The Hall–Kier alpha value is -3.59. The fraction of sp³-hybridized carbons (Fsp3) is 0.211. The topological polar surface area (TPSA) is 155 Å². The van der Waals surface area contributed by atoms with Crippen molar-refractivity contribution in [1.82, 2.24) is 10.3 Å². The van der Waals surface area contributed by atoms with Gasteiger partial charge in [0.15, 0.2) is 0 Å². The number of carbonyl (C=O) groups is 3. The number of allylic oxidation sites excluding steroid dienone is 1. The number of nitrogens with two attached hydrogens (primary N) is 2. The Kier molecular flexibility index (Phi) is 5.46. The molecule has 0 atom stereocenters. The second-order valence-corrected chi connectivity index (χ2v) is 6.44. The summed E-state index contributed by atoms with van der Waals surface area (Å²) in [5.74, 6) is -0.338. The lowest BCUT2D eigenvalue weighted by molar-refractivity contribution is -0.121. The number of hydrogen-bond donors (Lipinski definition) is 6. The van der Waals surface area contributed by atoms with Gasteiger partial charge in [0, 0.05) is 48.3 Å². The van der Waals surface area contributed by atoms with Crippen LogP contribution >= 0.6 is 0 Å². The second-order valence-electron chi connectivity index (χ2n) is 6.44. The van der Waals surface area contributed by atoms with Crippen LogP contribution in [0.3, 0.4) is 0 Å². The average molecular weight is 382 g/mol. The van der Waals surface area contributed by atoms with E-state index >= 15 is 0 Å². The first kappa shape index (κ1) is 19.2. The SMILES string of the molecule is C/C(=C1/C(=O)Nc2ccc(NC(N)=O)cc21)c1cc(CNC(=O)CCN)c[nH]1. The first-order chi connectivity index (χ1) is 13.4. The fourth-order valence-electron chi connectivity index (χ4n) is 3.07. The first-order valence-electron chi connectivity index (χ1n) is 8.76. The van der Waals surface area contributed by atoms with Gasteiger partial charge in [-0.15, -0.1) is 0 Å². The van der Waals surface area contributed by atoms with Gasteiger partial charge in [0.25, 0.3) is 5.91 Å². The predicted molar refractivity (Wildman–Crippen MR) is 107 cm³/mol. The van der Waals surface area contributed by atoms with Crippen LogP contribution in [0, 0.1) is 0 Å². The highest BCUT2D eigenvalue weighted by Crippen LogP contribution is 2.38. The molecule has 0 saturated carbocycles. The Morgan fingerprint density at radius 3 is 2.71 bits per heavy atom. The van der Waals surface area contributed by atoms with E-state index in [0.29, 0.717) is 35.6 Å². The zero-order valence-electron chi connectivity index (χ0n) is 15.4. The Morgan fingerprint density at radius 2 is 2.00 bits per heavy atom. The molecule has 3 rings (SSSR count). The number of rotatable bonds is 6. The normalized spacial score (nSPS) is 14.3. The molecule has 0 radical (unpaired) electrons. The number of carbonyl (C=O) groups excluding carboxylic acids is 3. The maximum Gasteiger partial charge on any atom is 0.316 e. The van der Waals surface area contributed by atoms with Crippen LogP contribution in [0.4, 0.5) is 16.2 Å². The summed E-state index contributed by atoms with van der Waals surface area (Å²) < 4.78 is 0.